The molecule has 2 rings (SSSR count). The molecular formula is C24H36N2O. The molecule has 0 unspecified atom stereocenters. The summed E-state index contributed by atoms with van der Waals surface area (Å²) in [6, 6.07) is 8.35. The Bertz CT molecular complexity index is 785. The van der Waals surface area contributed by atoms with E-state index >= 15 is 0 Å². The number of hydrogen-bond acceptors (Lipinski definition) is 3. The van der Waals surface area contributed by atoms with E-state index in [1.165, 1.54) is 5.56 Å². The zero-order valence-electron chi connectivity index (χ0n) is 18.5. The van der Waals surface area contributed by atoms with Crippen LogP contribution in [0.5, 0.6) is 5.75 Å². The van der Waals surface area contributed by atoms with Crippen molar-refractivity contribution in [1.29, 1.82) is 0 Å². The highest BCUT2D eigenvalue weighted by atomic mass is 16.3. The molecule has 0 aliphatic heterocycles. The van der Waals surface area contributed by atoms with Gasteiger partial charge in [0.05, 0.1) is 0 Å². The van der Waals surface area contributed by atoms with Crippen molar-refractivity contribution >= 4 is 0 Å². The molecule has 2 aromatic rings. The fourth-order valence-electron chi connectivity index (χ4n) is 2.84. The van der Waals surface area contributed by atoms with E-state index in [4.69, 9.17) is 0 Å². The molecule has 148 valence electrons. The van der Waals surface area contributed by atoms with Crippen molar-refractivity contribution in [3.8, 4) is 16.9 Å². The number of phenolic OH excluding ortho intramolecular Hbond substituents is 1. The minimum absolute atomic E-state index is 0.00227. The van der Waals surface area contributed by atoms with Gasteiger partial charge in [0.25, 0.3) is 0 Å². The van der Waals surface area contributed by atoms with Gasteiger partial charge in [0.15, 0.2) is 0 Å². The molecule has 3 heteroatoms. The van der Waals surface area contributed by atoms with Crippen LogP contribution in [0.3, 0.4) is 0 Å². The Morgan fingerprint density at radius 2 is 1.52 bits per heavy atom. The Balaban J connectivity index is 2.54. The quantitative estimate of drug-likeness (QED) is 0.705. The second-order valence-electron chi connectivity index (χ2n) is 10.6. The van der Waals surface area contributed by atoms with E-state index in [0.29, 0.717) is 12.3 Å². The molecule has 0 bridgehead atoms. The van der Waals surface area contributed by atoms with Gasteiger partial charge in [-0.15, -0.1) is 0 Å². The van der Waals surface area contributed by atoms with Crippen LogP contribution >= 0.6 is 0 Å². The molecule has 0 saturated heterocycles. The van der Waals surface area contributed by atoms with E-state index < -0.39 is 0 Å². The van der Waals surface area contributed by atoms with Gasteiger partial charge in [-0.25, -0.2) is 0 Å². The van der Waals surface area contributed by atoms with Gasteiger partial charge in [-0.05, 0) is 43.9 Å². The monoisotopic (exact) mass is 368 g/mol. The lowest BCUT2D eigenvalue weighted by atomic mass is 9.83. The van der Waals surface area contributed by atoms with E-state index in [-0.39, 0.29) is 16.4 Å². The van der Waals surface area contributed by atoms with Gasteiger partial charge in [-0.3, -0.25) is 4.98 Å². The number of nitrogens with zero attached hydrogens (tertiary/aromatic N) is 1. The number of pyridine rings is 1. The molecule has 0 spiro atoms. The highest BCUT2D eigenvalue weighted by molar-refractivity contribution is 5.72. The molecule has 0 radical (unpaired) electrons. The normalized spacial score (nSPS) is 13.1. The molecule has 0 aliphatic rings. The van der Waals surface area contributed by atoms with Crippen LogP contribution in [-0.2, 0) is 17.4 Å². The Morgan fingerprint density at radius 1 is 0.889 bits per heavy atom. The van der Waals surface area contributed by atoms with Crippen molar-refractivity contribution < 1.29 is 5.11 Å². The van der Waals surface area contributed by atoms with Gasteiger partial charge >= 0.3 is 0 Å². The fraction of sp³-hybridized carbons (Fsp3) is 0.542. The maximum atomic E-state index is 11.0. The van der Waals surface area contributed by atoms with Crippen molar-refractivity contribution in [3.05, 3.63) is 47.3 Å². The minimum atomic E-state index is -0.0136. The number of benzene rings is 1. The smallest absolute Gasteiger partial charge is 0.127 e. The predicted molar refractivity (Wildman–Crippen MR) is 115 cm³/mol. The van der Waals surface area contributed by atoms with Gasteiger partial charge in [0, 0.05) is 46.1 Å². The van der Waals surface area contributed by atoms with Crippen molar-refractivity contribution in [3.63, 3.8) is 0 Å². The van der Waals surface area contributed by atoms with Crippen LogP contribution in [0.2, 0.25) is 0 Å². The average molecular weight is 369 g/mol. The summed E-state index contributed by atoms with van der Waals surface area (Å²) in [6.07, 6.45) is 1.88. The van der Waals surface area contributed by atoms with E-state index in [1.807, 2.05) is 6.20 Å². The van der Waals surface area contributed by atoms with Gasteiger partial charge < -0.3 is 10.4 Å². The first-order valence-corrected chi connectivity index (χ1v) is 9.77. The fourth-order valence-corrected chi connectivity index (χ4v) is 2.84. The molecule has 0 atom stereocenters. The predicted octanol–water partition coefficient (Wildman–Crippen LogP) is 5.94. The molecule has 0 fully saturated rings. The molecule has 0 saturated carbocycles. The molecule has 1 aromatic carbocycles. The Labute approximate surface area is 165 Å². The maximum Gasteiger partial charge on any atom is 0.127 e. The van der Waals surface area contributed by atoms with Crippen molar-refractivity contribution in [2.75, 3.05) is 0 Å². The Morgan fingerprint density at radius 3 is 1.96 bits per heavy atom. The summed E-state index contributed by atoms with van der Waals surface area (Å²) in [5.41, 5.74) is 4.97. The van der Waals surface area contributed by atoms with Crippen LogP contribution in [-0.4, -0.2) is 15.6 Å². The van der Waals surface area contributed by atoms with E-state index in [9.17, 15) is 5.11 Å². The number of rotatable bonds is 3. The van der Waals surface area contributed by atoms with Gasteiger partial charge in [-0.2, -0.15) is 0 Å². The summed E-state index contributed by atoms with van der Waals surface area (Å²) < 4.78 is 0. The van der Waals surface area contributed by atoms with E-state index in [1.54, 1.807) is 0 Å². The SMILES string of the molecule is CC(C)(C)NCc1cc(C(C)(C)C)cc(-c2ccc(C(C)(C)C)nc2)c1O. The third-order valence-electron chi connectivity index (χ3n) is 4.71. The summed E-state index contributed by atoms with van der Waals surface area (Å²) in [4.78, 5) is 4.65. The summed E-state index contributed by atoms with van der Waals surface area (Å²) in [7, 11) is 0. The lowest BCUT2D eigenvalue weighted by Crippen LogP contribution is -2.35. The maximum absolute atomic E-state index is 11.0. The first kappa shape index (κ1) is 21.4. The standard InChI is InChI=1S/C24H36N2O/c1-22(2,3)18-12-17(15-26-24(7,8)9)21(27)19(13-18)16-10-11-20(25-14-16)23(4,5)6/h10-14,26-27H,15H2,1-9H3. The molecule has 1 heterocycles. The Hall–Kier alpha value is -1.87. The molecule has 2 N–H and O–H groups in total. The summed E-state index contributed by atoms with van der Waals surface area (Å²) in [6.45, 7) is 20.1. The average Bonchev–Trinajstić information content (AvgIpc) is 2.51. The first-order valence-electron chi connectivity index (χ1n) is 9.77. The highest BCUT2D eigenvalue weighted by Gasteiger charge is 2.21. The number of aromatic hydroxyl groups is 1. The summed E-state index contributed by atoms with van der Waals surface area (Å²) >= 11 is 0. The zero-order chi connectivity index (χ0) is 20.6. The van der Waals surface area contributed by atoms with E-state index in [0.717, 1.165) is 22.4 Å². The Kier molecular flexibility index (Phi) is 5.77. The highest BCUT2D eigenvalue weighted by Crippen LogP contribution is 2.37. The molecule has 1 aromatic heterocycles. The second kappa shape index (κ2) is 7.27. The third-order valence-corrected chi connectivity index (χ3v) is 4.71. The first-order chi connectivity index (χ1) is 12.2. The van der Waals surface area contributed by atoms with E-state index in [2.05, 4.69) is 96.9 Å². The molecule has 3 nitrogen and oxygen atoms in total. The molecule has 0 aliphatic carbocycles. The van der Waals surface area contributed by atoms with Crippen LogP contribution in [0.15, 0.2) is 30.5 Å². The van der Waals surface area contributed by atoms with Crippen LogP contribution < -0.4 is 5.32 Å². The largest absolute Gasteiger partial charge is 0.507 e. The lowest BCUT2D eigenvalue weighted by Gasteiger charge is -2.25. The van der Waals surface area contributed by atoms with Crippen LogP contribution in [0, 0.1) is 0 Å². The number of nitrogens with one attached hydrogen (secondary N) is 1. The summed E-state index contributed by atoms with van der Waals surface area (Å²) in [5, 5.41) is 14.5. The van der Waals surface area contributed by atoms with Gasteiger partial charge in [-0.1, -0.05) is 53.7 Å². The summed E-state index contributed by atoms with van der Waals surface area (Å²) in [5.74, 6) is 0.338. The van der Waals surface area contributed by atoms with Crippen LogP contribution in [0.1, 0.15) is 79.1 Å². The molecular weight excluding hydrogens is 332 g/mol. The third kappa shape index (κ3) is 5.55. The topological polar surface area (TPSA) is 45.2 Å². The lowest BCUT2D eigenvalue weighted by molar-refractivity contribution is 0.411. The van der Waals surface area contributed by atoms with Crippen LogP contribution in [0.25, 0.3) is 11.1 Å². The molecule has 27 heavy (non-hydrogen) atoms. The number of phenols is 1. The van der Waals surface area contributed by atoms with Gasteiger partial charge in [0.2, 0.25) is 0 Å². The second-order valence-corrected chi connectivity index (χ2v) is 10.6. The van der Waals surface area contributed by atoms with Crippen molar-refractivity contribution in [1.82, 2.24) is 10.3 Å². The number of hydrogen-bond donors (Lipinski definition) is 2. The van der Waals surface area contributed by atoms with Crippen molar-refractivity contribution in [2.45, 2.75) is 85.2 Å². The minimum Gasteiger partial charge on any atom is -0.507 e. The van der Waals surface area contributed by atoms with Gasteiger partial charge in [0.1, 0.15) is 5.75 Å². The zero-order valence-corrected chi connectivity index (χ0v) is 18.5. The number of aromatic nitrogens is 1. The van der Waals surface area contributed by atoms with Crippen molar-refractivity contribution in [2.24, 2.45) is 0 Å². The van der Waals surface area contributed by atoms with Crippen LogP contribution in [0.4, 0.5) is 0 Å². The molecule has 0 amide bonds.